The van der Waals surface area contributed by atoms with E-state index in [0.717, 1.165) is 16.9 Å². The van der Waals surface area contributed by atoms with Crippen LogP contribution in [0, 0.1) is 13.8 Å². The fraction of sp³-hybridized carbons (Fsp3) is 0.375. The molecule has 21 heavy (non-hydrogen) atoms. The first-order valence-corrected chi connectivity index (χ1v) is 7.07. The number of aryl methyl sites for hydroxylation is 2. The Hall–Kier alpha value is -2.30. The highest BCUT2D eigenvalue weighted by Crippen LogP contribution is 2.18. The van der Waals surface area contributed by atoms with Crippen LogP contribution in [0.25, 0.3) is 0 Å². The lowest BCUT2D eigenvalue weighted by Crippen LogP contribution is -2.24. The van der Waals surface area contributed by atoms with Crippen molar-refractivity contribution in [3.05, 3.63) is 41.7 Å². The van der Waals surface area contributed by atoms with E-state index in [-0.39, 0.29) is 11.9 Å². The van der Waals surface area contributed by atoms with Crippen LogP contribution >= 0.6 is 0 Å². The van der Waals surface area contributed by atoms with Gasteiger partial charge in [-0.3, -0.25) is 9.48 Å². The summed E-state index contributed by atoms with van der Waals surface area (Å²) >= 11 is 0. The van der Waals surface area contributed by atoms with Crippen LogP contribution in [-0.2, 0) is 11.8 Å². The van der Waals surface area contributed by atoms with Crippen LogP contribution in [0.4, 0.5) is 11.4 Å². The van der Waals surface area contributed by atoms with Gasteiger partial charge in [-0.15, -0.1) is 0 Å². The van der Waals surface area contributed by atoms with Crippen molar-refractivity contribution in [3.8, 4) is 0 Å². The summed E-state index contributed by atoms with van der Waals surface area (Å²) in [4.78, 5) is 12.1. The number of nitrogens with one attached hydrogen (secondary N) is 2. The van der Waals surface area contributed by atoms with Crippen molar-refractivity contribution in [2.75, 3.05) is 10.6 Å². The maximum Gasteiger partial charge on any atom is 0.226 e. The van der Waals surface area contributed by atoms with Crippen LogP contribution in [-0.4, -0.2) is 21.7 Å². The highest BCUT2D eigenvalue weighted by atomic mass is 16.1. The quantitative estimate of drug-likeness (QED) is 0.888. The second-order valence-electron chi connectivity index (χ2n) is 5.45. The van der Waals surface area contributed by atoms with Crippen LogP contribution in [0.2, 0.25) is 0 Å². The second-order valence-corrected chi connectivity index (χ2v) is 5.45. The number of amides is 1. The molecule has 0 fully saturated rings. The van der Waals surface area contributed by atoms with Gasteiger partial charge < -0.3 is 10.6 Å². The lowest BCUT2D eigenvalue weighted by Gasteiger charge is -2.15. The summed E-state index contributed by atoms with van der Waals surface area (Å²) in [6.45, 7) is 6.04. The molecule has 5 heteroatoms. The molecule has 2 aromatic rings. The SMILES string of the molecule is Cc1cccc(NC(=O)CC(C)Nc2cnn(C)c2)c1C. The number of aromatic nitrogens is 2. The molecule has 0 aliphatic rings. The third-order valence-electron chi connectivity index (χ3n) is 3.49. The van der Waals surface area contributed by atoms with Gasteiger partial charge in [0.15, 0.2) is 0 Å². The van der Waals surface area contributed by atoms with Gasteiger partial charge in [-0.1, -0.05) is 12.1 Å². The van der Waals surface area contributed by atoms with Crippen LogP contribution in [0.5, 0.6) is 0 Å². The molecule has 0 radical (unpaired) electrons. The van der Waals surface area contributed by atoms with E-state index in [1.807, 2.05) is 52.2 Å². The van der Waals surface area contributed by atoms with Crippen molar-refractivity contribution in [2.24, 2.45) is 7.05 Å². The highest BCUT2D eigenvalue weighted by Gasteiger charge is 2.11. The van der Waals surface area contributed by atoms with Crippen LogP contribution in [0.3, 0.4) is 0 Å². The van der Waals surface area contributed by atoms with E-state index in [0.29, 0.717) is 6.42 Å². The Balaban J connectivity index is 1.90. The van der Waals surface area contributed by atoms with E-state index in [1.165, 1.54) is 5.56 Å². The van der Waals surface area contributed by atoms with E-state index in [1.54, 1.807) is 10.9 Å². The summed E-state index contributed by atoms with van der Waals surface area (Å²) in [5, 5.41) is 10.3. The first-order chi connectivity index (χ1) is 9.95. The van der Waals surface area contributed by atoms with Gasteiger partial charge in [0.25, 0.3) is 0 Å². The zero-order valence-corrected chi connectivity index (χ0v) is 13.0. The van der Waals surface area contributed by atoms with Crippen molar-refractivity contribution in [1.29, 1.82) is 0 Å². The van der Waals surface area contributed by atoms with Crippen molar-refractivity contribution in [3.63, 3.8) is 0 Å². The Morgan fingerprint density at radius 2 is 2.14 bits per heavy atom. The number of rotatable bonds is 5. The van der Waals surface area contributed by atoms with Gasteiger partial charge in [0.05, 0.1) is 11.9 Å². The molecule has 112 valence electrons. The third kappa shape index (κ3) is 4.08. The number of hydrogen-bond donors (Lipinski definition) is 2. The number of hydrogen-bond acceptors (Lipinski definition) is 3. The maximum atomic E-state index is 12.1. The van der Waals surface area contributed by atoms with Gasteiger partial charge in [0.2, 0.25) is 5.91 Å². The topological polar surface area (TPSA) is 59.0 Å². The average Bonchev–Trinajstić information content (AvgIpc) is 2.80. The summed E-state index contributed by atoms with van der Waals surface area (Å²) in [5.41, 5.74) is 4.09. The molecule has 0 aliphatic heterocycles. The molecule has 5 nitrogen and oxygen atoms in total. The van der Waals surface area contributed by atoms with Gasteiger partial charge >= 0.3 is 0 Å². The zero-order chi connectivity index (χ0) is 15.4. The summed E-state index contributed by atoms with van der Waals surface area (Å²) < 4.78 is 1.73. The molecular weight excluding hydrogens is 264 g/mol. The van der Waals surface area contributed by atoms with Crippen molar-refractivity contribution < 1.29 is 4.79 Å². The Bertz CT molecular complexity index is 633. The monoisotopic (exact) mass is 286 g/mol. The first-order valence-electron chi connectivity index (χ1n) is 7.07. The van der Waals surface area contributed by atoms with E-state index >= 15 is 0 Å². The average molecular weight is 286 g/mol. The highest BCUT2D eigenvalue weighted by molar-refractivity contribution is 5.92. The number of benzene rings is 1. The Labute approximate surface area is 125 Å². The standard InChI is InChI=1S/C16H22N4O/c1-11-6-5-7-15(13(11)3)19-16(21)8-12(2)18-14-9-17-20(4)10-14/h5-7,9-10,12,18H,8H2,1-4H3,(H,19,21). The number of anilines is 2. The summed E-state index contributed by atoms with van der Waals surface area (Å²) in [5.74, 6) is 0.00703. The van der Waals surface area contributed by atoms with Gasteiger partial charge in [-0.25, -0.2) is 0 Å². The molecule has 1 unspecified atom stereocenters. The Kier molecular flexibility index (Phi) is 4.62. The molecule has 0 bridgehead atoms. The minimum Gasteiger partial charge on any atom is -0.380 e. The van der Waals surface area contributed by atoms with Gasteiger partial charge in [0.1, 0.15) is 0 Å². The Morgan fingerprint density at radius 1 is 1.38 bits per heavy atom. The summed E-state index contributed by atoms with van der Waals surface area (Å²) in [6, 6.07) is 5.96. The zero-order valence-electron chi connectivity index (χ0n) is 13.0. The van der Waals surface area contributed by atoms with Gasteiger partial charge in [-0.2, -0.15) is 5.10 Å². The minimum atomic E-state index is 0.00703. The summed E-state index contributed by atoms with van der Waals surface area (Å²) in [6.07, 6.45) is 4.04. The molecule has 2 rings (SSSR count). The largest absolute Gasteiger partial charge is 0.380 e. The van der Waals surface area contributed by atoms with E-state index < -0.39 is 0 Å². The number of nitrogens with zero attached hydrogens (tertiary/aromatic N) is 2. The molecule has 0 aliphatic carbocycles. The molecular formula is C16H22N4O. The molecule has 1 heterocycles. The maximum absolute atomic E-state index is 12.1. The normalized spacial score (nSPS) is 12.0. The van der Waals surface area contributed by atoms with Crippen molar-refractivity contribution >= 4 is 17.3 Å². The van der Waals surface area contributed by atoms with Crippen molar-refractivity contribution in [1.82, 2.24) is 9.78 Å². The molecule has 0 saturated carbocycles. The number of carbonyl (C=O) groups is 1. The molecule has 2 N–H and O–H groups in total. The van der Waals surface area contributed by atoms with E-state index in [4.69, 9.17) is 0 Å². The molecule has 1 aromatic carbocycles. The fourth-order valence-corrected chi connectivity index (χ4v) is 2.20. The molecule has 1 amide bonds. The van der Waals surface area contributed by atoms with Gasteiger partial charge in [0, 0.05) is 31.4 Å². The second kappa shape index (κ2) is 6.43. The minimum absolute atomic E-state index is 0.00703. The third-order valence-corrected chi connectivity index (χ3v) is 3.49. The van der Waals surface area contributed by atoms with Crippen LogP contribution in [0.15, 0.2) is 30.6 Å². The van der Waals surface area contributed by atoms with Crippen LogP contribution < -0.4 is 10.6 Å². The van der Waals surface area contributed by atoms with E-state index in [2.05, 4.69) is 15.7 Å². The molecule has 1 aromatic heterocycles. The lowest BCUT2D eigenvalue weighted by atomic mass is 10.1. The Morgan fingerprint density at radius 3 is 2.81 bits per heavy atom. The van der Waals surface area contributed by atoms with E-state index in [9.17, 15) is 4.79 Å². The number of carbonyl (C=O) groups excluding carboxylic acids is 1. The van der Waals surface area contributed by atoms with Crippen LogP contribution in [0.1, 0.15) is 24.5 Å². The predicted molar refractivity (Wildman–Crippen MR) is 85.5 cm³/mol. The predicted octanol–water partition coefficient (Wildman–Crippen LogP) is 2.87. The van der Waals surface area contributed by atoms with Crippen molar-refractivity contribution in [2.45, 2.75) is 33.2 Å². The molecule has 0 spiro atoms. The first kappa shape index (κ1) is 15.1. The fourth-order valence-electron chi connectivity index (χ4n) is 2.20. The molecule has 1 atom stereocenters. The smallest absolute Gasteiger partial charge is 0.226 e. The summed E-state index contributed by atoms with van der Waals surface area (Å²) in [7, 11) is 1.86. The lowest BCUT2D eigenvalue weighted by molar-refractivity contribution is -0.116. The van der Waals surface area contributed by atoms with Gasteiger partial charge in [-0.05, 0) is 38.0 Å². The molecule has 0 saturated heterocycles.